The highest BCUT2D eigenvalue weighted by molar-refractivity contribution is 6.03. The summed E-state index contributed by atoms with van der Waals surface area (Å²) >= 11 is 0. The zero-order valence-electron chi connectivity index (χ0n) is 19.7. The summed E-state index contributed by atoms with van der Waals surface area (Å²) in [7, 11) is 0. The number of benzene rings is 3. The predicted molar refractivity (Wildman–Crippen MR) is 136 cm³/mol. The van der Waals surface area contributed by atoms with Crippen LogP contribution in [0.2, 0.25) is 0 Å². The van der Waals surface area contributed by atoms with Gasteiger partial charge in [0.25, 0.3) is 0 Å². The first kappa shape index (κ1) is 22.8. The topological polar surface area (TPSA) is 75.7 Å². The number of nitrogens with one attached hydrogen (secondary N) is 1. The van der Waals surface area contributed by atoms with Crippen LogP contribution in [-0.4, -0.2) is 30.7 Å². The largest absolute Gasteiger partial charge is 0.490 e. The molecule has 2 amide bonds. The molecule has 0 radical (unpaired) electrons. The summed E-state index contributed by atoms with van der Waals surface area (Å²) in [5.74, 6) is 0.457. The molecular weight excluding hydrogens is 440 g/mol. The van der Waals surface area contributed by atoms with Gasteiger partial charge in [0.2, 0.25) is 0 Å². The van der Waals surface area contributed by atoms with Gasteiger partial charge in [0.05, 0.1) is 12.2 Å². The van der Waals surface area contributed by atoms with E-state index in [9.17, 15) is 14.4 Å². The molecule has 1 N–H and O–H groups in total. The second-order valence-corrected chi connectivity index (χ2v) is 9.17. The lowest BCUT2D eigenvalue weighted by Gasteiger charge is -2.30. The fraction of sp³-hybridized carbons (Fsp3) is 0.276. The molecule has 2 atom stereocenters. The van der Waals surface area contributed by atoms with Crippen molar-refractivity contribution in [3.05, 3.63) is 78.4 Å². The molecule has 6 heteroatoms. The summed E-state index contributed by atoms with van der Waals surface area (Å²) in [5.41, 5.74) is 3.99. The van der Waals surface area contributed by atoms with Crippen molar-refractivity contribution in [2.75, 3.05) is 23.4 Å². The van der Waals surface area contributed by atoms with Gasteiger partial charge in [0.1, 0.15) is 18.1 Å². The molecule has 3 aromatic carbocycles. The average Bonchev–Trinajstić information content (AvgIpc) is 3.39. The van der Waals surface area contributed by atoms with Gasteiger partial charge in [-0.1, -0.05) is 55.0 Å². The highest BCUT2D eigenvalue weighted by atomic mass is 16.5. The molecule has 0 saturated heterocycles. The van der Waals surface area contributed by atoms with Crippen LogP contribution in [0.1, 0.15) is 36.5 Å². The minimum Gasteiger partial charge on any atom is -0.490 e. The maximum Gasteiger partial charge on any atom is 0.326 e. The number of para-hydroxylation sites is 1. The number of ketones is 2. The van der Waals surface area contributed by atoms with Gasteiger partial charge in [-0.2, -0.15) is 0 Å². The van der Waals surface area contributed by atoms with Gasteiger partial charge in [-0.25, -0.2) is 4.79 Å². The fourth-order valence-electron chi connectivity index (χ4n) is 5.12. The molecule has 35 heavy (non-hydrogen) atoms. The molecule has 0 bridgehead atoms. The SMILES string of the molecule is CC(=O)[C@@H]1CCC[C@H]1C(=O)c1ccc(-c2ccc3c(c2)OCCN3C(=O)Nc2ccccc2)cc1. The minimum atomic E-state index is -0.205. The second kappa shape index (κ2) is 9.74. The van der Waals surface area contributed by atoms with Crippen LogP contribution in [0.25, 0.3) is 11.1 Å². The third kappa shape index (κ3) is 4.69. The van der Waals surface area contributed by atoms with Crippen LogP contribution >= 0.6 is 0 Å². The van der Waals surface area contributed by atoms with E-state index in [4.69, 9.17) is 4.74 Å². The van der Waals surface area contributed by atoms with Crippen molar-refractivity contribution < 1.29 is 19.1 Å². The average molecular weight is 469 g/mol. The van der Waals surface area contributed by atoms with Gasteiger partial charge in [-0.3, -0.25) is 14.5 Å². The minimum absolute atomic E-state index is 0.0584. The molecule has 178 valence electrons. The molecule has 1 fully saturated rings. The fourth-order valence-corrected chi connectivity index (χ4v) is 5.12. The van der Waals surface area contributed by atoms with Crippen molar-refractivity contribution >= 4 is 29.0 Å². The summed E-state index contributed by atoms with van der Waals surface area (Å²) in [4.78, 5) is 39.5. The van der Waals surface area contributed by atoms with E-state index < -0.39 is 0 Å². The van der Waals surface area contributed by atoms with Gasteiger partial charge in [-0.05, 0) is 55.2 Å². The molecule has 0 spiro atoms. The zero-order valence-corrected chi connectivity index (χ0v) is 19.7. The molecule has 6 nitrogen and oxygen atoms in total. The Balaban J connectivity index is 1.33. The number of anilines is 2. The van der Waals surface area contributed by atoms with Crippen LogP contribution in [0.5, 0.6) is 5.75 Å². The third-order valence-corrected chi connectivity index (χ3v) is 6.97. The Bertz CT molecular complexity index is 1250. The van der Waals surface area contributed by atoms with E-state index in [-0.39, 0.29) is 29.4 Å². The highest BCUT2D eigenvalue weighted by Crippen LogP contribution is 2.37. The first-order valence-corrected chi connectivity index (χ1v) is 12.1. The standard InChI is InChI=1S/C29H28N2O4/c1-19(32)24-8-5-9-25(24)28(33)21-12-10-20(11-13-21)22-14-15-26-27(18-22)35-17-16-31(26)29(34)30-23-6-3-2-4-7-23/h2-4,6-7,10-15,18,24-25H,5,8-9,16-17H2,1H3,(H,30,34)/t24-,25+/m0/s1. The summed E-state index contributed by atoms with van der Waals surface area (Å²) in [6.45, 7) is 2.46. The first-order chi connectivity index (χ1) is 17.0. The van der Waals surface area contributed by atoms with Crippen LogP contribution in [0.3, 0.4) is 0 Å². The van der Waals surface area contributed by atoms with E-state index in [2.05, 4.69) is 5.32 Å². The number of hydrogen-bond donors (Lipinski definition) is 1. The van der Waals surface area contributed by atoms with E-state index in [1.54, 1.807) is 11.8 Å². The Labute approximate surface area is 204 Å². The number of nitrogens with zero attached hydrogens (tertiary/aromatic N) is 1. The van der Waals surface area contributed by atoms with Gasteiger partial charge in [0, 0.05) is 23.1 Å². The zero-order chi connectivity index (χ0) is 24.4. The van der Waals surface area contributed by atoms with Crippen molar-refractivity contribution in [1.82, 2.24) is 0 Å². The number of fused-ring (bicyclic) bond motifs is 1. The van der Waals surface area contributed by atoms with Gasteiger partial charge in [-0.15, -0.1) is 0 Å². The Morgan fingerprint density at radius 3 is 2.34 bits per heavy atom. The van der Waals surface area contributed by atoms with Crippen molar-refractivity contribution in [1.29, 1.82) is 0 Å². The number of urea groups is 1. The van der Waals surface area contributed by atoms with Crippen LogP contribution in [0.15, 0.2) is 72.8 Å². The first-order valence-electron chi connectivity index (χ1n) is 12.1. The maximum atomic E-state index is 13.0. The number of amides is 2. The normalized spacial score (nSPS) is 18.9. The number of Topliss-reactive ketones (excluding diaryl/α,β-unsaturated/α-hetero) is 2. The van der Waals surface area contributed by atoms with Gasteiger partial charge >= 0.3 is 6.03 Å². The smallest absolute Gasteiger partial charge is 0.326 e. The van der Waals surface area contributed by atoms with Crippen LogP contribution in [-0.2, 0) is 4.79 Å². The van der Waals surface area contributed by atoms with E-state index in [0.717, 1.165) is 41.8 Å². The molecule has 0 aromatic heterocycles. The molecule has 1 aliphatic heterocycles. The van der Waals surface area contributed by atoms with E-state index in [0.29, 0.717) is 24.5 Å². The Kier molecular flexibility index (Phi) is 6.36. The highest BCUT2D eigenvalue weighted by Gasteiger charge is 2.36. The van der Waals surface area contributed by atoms with Crippen LogP contribution in [0.4, 0.5) is 16.2 Å². The number of hydrogen-bond acceptors (Lipinski definition) is 4. The summed E-state index contributed by atoms with van der Waals surface area (Å²) in [6.07, 6.45) is 2.51. The predicted octanol–water partition coefficient (Wildman–Crippen LogP) is 5.97. The van der Waals surface area contributed by atoms with Crippen LogP contribution < -0.4 is 15.0 Å². The molecule has 1 saturated carbocycles. The van der Waals surface area contributed by atoms with E-state index >= 15 is 0 Å². The summed E-state index contributed by atoms with van der Waals surface area (Å²) in [6, 6.07) is 22.5. The number of ether oxygens (including phenoxy) is 1. The maximum absolute atomic E-state index is 13.0. The molecule has 5 rings (SSSR count). The number of rotatable bonds is 5. The lowest BCUT2D eigenvalue weighted by atomic mass is 9.86. The van der Waals surface area contributed by atoms with Gasteiger partial charge < -0.3 is 10.1 Å². The van der Waals surface area contributed by atoms with Crippen molar-refractivity contribution in [2.45, 2.75) is 26.2 Å². The Morgan fingerprint density at radius 1 is 0.886 bits per heavy atom. The Morgan fingerprint density at radius 2 is 1.60 bits per heavy atom. The third-order valence-electron chi connectivity index (χ3n) is 6.97. The van der Waals surface area contributed by atoms with E-state index in [1.807, 2.05) is 72.8 Å². The number of carbonyl (C=O) groups excluding carboxylic acids is 3. The second-order valence-electron chi connectivity index (χ2n) is 9.17. The molecule has 0 unspecified atom stereocenters. The Hall–Kier alpha value is -3.93. The van der Waals surface area contributed by atoms with E-state index in [1.165, 1.54) is 0 Å². The van der Waals surface area contributed by atoms with Crippen LogP contribution in [0, 0.1) is 11.8 Å². The number of carbonyl (C=O) groups is 3. The lowest BCUT2D eigenvalue weighted by molar-refractivity contribution is -0.121. The molecule has 3 aromatic rings. The van der Waals surface area contributed by atoms with Crippen molar-refractivity contribution in [3.8, 4) is 16.9 Å². The quantitative estimate of drug-likeness (QED) is 0.468. The summed E-state index contributed by atoms with van der Waals surface area (Å²) < 4.78 is 5.87. The van der Waals surface area contributed by atoms with Crippen molar-refractivity contribution in [3.63, 3.8) is 0 Å². The molecule has 1 heterocycles. The monoisotopic (exact) mass is 468 g/mol. The summed E-state index contributed by atoms with van der Waals surface area (Å²) in [5, 5.41) is 2.93. The lowest BCUT2D eigenvalue weighted by Crippen LogP contribution is -2.40. The van der Waals surface area contributed by atoms with Gasteiger partial charge in [0.15, 0.2) is 5.78 Å². The van der Waals surface area contributed by atoms with Crippen molar-refractivity contribution in [2.24, 2.45) is 11.8 Å². The molecule has 2 aliphatic rings. The molecule has 1 aliphatic carbocycles. The molecular formula is C29H28N2O4.